The first-order valence-corrected chi connectivity index (χ1v) is 6.97. The maximum Gasteiger partial charge on any atom is 0.0705 e. The fourth-order valence-electron chi connectivity index (χ4n) is 3.66. The summed E-state index contributed by atoms with van der Waals surface area (Å²) in [6.07, 6.45) is 7.67. The molecule has 0 radical (unpaired) electrons. The lowest BCUT2D eigenvalue weighted by atomic mass is 9.67. The van der Waals surface area contributed by atoms with Gasteiger partial charge >= 0.3 is 0 Å². The fourth-order valence-corrected chi connectivity index (χ4v) is 3.66. The predicted molar refractivity (Wildman–Crippen MR) is 73.6 cm³/mol. The van der Waals surface area contributed by atoms with Crippen LogP contribution in [-0.2, 0) is 0 Å². The number of nitrogens with zero attached hydrogens (tertiary/aromatic N) is 1. The average molecular weight is 235 g/mol. The van der Waals surface area contributed by atoms with Crippen molar-refractivity contribution >= 4 is 0 Å². The normalized spacial score (nSPS) is 24.9. The summed E-state index contributed by atoms with van der Waals surface area (Å²) in [4.78, 5) is 4.68. The molecule has 3 aliphatic rings. The van der Waals surface area contributed by atoms with E-state index in [1.165, 1.54) is 36.8 Å². The van der Waals surface area contributed by atoms with E-state index in [9.17, 15) is 0 Å². The number of aromatic nitrogens is 1. The second kappa shape index (κ2) is 3.94. The van der Waals surface area contributed by atoms with Gasteiger partial charge < -0.3 is 0 Å². The van der Waals surface area contributed by atoms with Gasteiger partial charge in [0, 0.05) is 11.8 Å². The van der Waals surface area contributed by atoms with Crippen molar-refractivity contribution in [3.63, 3.8) is 0 Å². The molecule has 1 saturated carbocycles. The second-order valence-corrected chi connectivity index (χ2v) is 5.61. The van der Waals surface area contributed by atoms with Gasteiger partial charge in [-0.05, 0) is 54.7 Å². The molecule has 0 atom stereocenters. The number of fused-ring (bicyclic) bond motifs is 2. The monoisotopic (exact) mass is 235 g/mol. The Labute approximate surface area is 108 Å². The summed E-state index contributed by atoms with van der Waals surface area (Å²) in [5.74, 6) is 1.60. The number of hydrogen-bond acceptors (Lipinski definition) is 1. The highest BCUT2D eigenvalue weighted by molar-refractivity contribution is 5.61. The molecule has 5 rings (SSSR count). The topological polar surface area (TPSA) is 12.9 Å². The lowest BCUT2D eigenvalue weighted by Crippen LogP contribution is -2.21. The first-order valence-electron chi connectivity index (χ1n) is 6.97. The minimum absolute atomic E-state index is 0.794. The quantitative estimate of drug-likeness (QED) is 0.709. The zero-order valence-electron chi connectivity index (χ0n) is 10.5. The molecule has 1 heterocycles. The van der Waals surface area contributed by atoms with Crippen LogP contribution < -0.4 is 0 Å². The Morgan fingerprint density at radius 2 is 1.50 bits per heavy atom. The summed E-state index contributed by atoms with van der Waals surface area (Å²) in [5.41, 5.74) is 5.51. The van der Waals surface area contributed by atoms with Gasteiger partial charge in [0.05, 0.1) is 5.69 Å². The van der Waals surface area contributed by atoms with Crippen LogP contribution in [0.5, 0.6) is 0 Å². The molecule has 1 aromatic carbocycles. The Hall–Kier alpha value is -1.63. The highest BCUT2D eigenvalue weighted by Crippen LogP contribution is 2.49. The molecule has 18 heavy (non-hydrogen) atoms. The summed E-state index contributed by atoms with van der Waals surface area (Å²) in [6.45, 7) is 0. The average Bonchev–Trinajstić information content (AvgIpc) is 2.49. The molecule has 1 fully saturated rings. The molecule has 90 valence electrons. The molecular weight excluding hydrogens is 218 g/mol. The molecule has 0 saturated heterocycles. The third-order valence-electron chi connectivity index (χ3n) is 4.64. The van der Waals surface area contributed by atoms with Crippen molar-refractivity contribution in [3.8, 4) is 11.3 Å². The number of benzene rings is 1. The molecule has 0 aliphatic heterocycles. The van der Waals surface area contributed by atoms with Crippen LogP contribution in [0.1, 0.15) is 48.6 Å². The van der Waals surface area contributed by atoms with Gasteiger partial charge in [0.25, 0.3) is 0 Å². The van der Waals surface area contributed by atoms with E-state index < -0.39 is 0 Å². The van der Waals surface area contributed by atoms with Gasteiger partial charge in [0.2, 0.25) is 0 Å². The lowest BCUT2D eigenvalue weighted by molar-refractivity contribution is 0.358. The van der Waals surface area contributed by atoms with Gasteiger partial charge in [-0.1, -0.05) is 30.3 Å². The first kappa shape index (κ1) is 10.3. The molecule has 1 nitrogen and oxygen atoms in total. The van der Waals surface area contributed by atoms with Gasteiger partial charge in [-0.2, -0.15) is 0 Å². The van der Waals surface area contributed by atoms with Crippen LogP contribution in [0.2, 0.25) is 0 Å². The van der Waals surface area contributed by atoms with Gasteiger partial charge in [-0.3, -0.25) is 4.98 Å². The van der Waals surface area contributed by atoms with Gasteiger partial charge in [0.1, 0.15) is 0 Å². The van der Waals surface area contributed by atoms with Crippen LogP contribution in [0.15, 0.2) is 42.6 Å². The predicted octanol–water partition coefficient (Wildman–Crippen LogP) is 4.50. The van der Waals surface area contributed by atoms with Crippen LogP contribution in [-0.4, -0.2) is 4.98 Å². The lowest BCUT2D eigenvalue weighted by Gasteiger charge is -2.38. The Kier molecular flexibility index (Phi) is 2.26. The van der Waals surface area contributed by atoms with Crippen LogP contribution in [0.3, 0.4) is 0 Å². The highest BCUT2D eigenvalue weighted by atomic mass is 14.7. The standard InChI is InChI=1S/C17H17N/c1-2-4-14(5-3-1)17-10-15-12-6-8-13(9-7-12)16(15)11-18-17/h1-5,10-13H,6-9H2. The molecule has 2 bridgehead atoms. The van der Waals surface area contributed by atoms with Crippen molar-refractivity contribution < 1.29 is 0 Å². The number of pyridine rings is 1. The fraction of sp³-hybridized carbons (Fsp3) is 0.353. The largest absolute Gasteiger partial charge is 0.256 e. The van der Waals surface area contributed by atoms with E-state index in [2.05, 4.69) is 47.6 Å². The van der Waals surface area contributed by atoms with E-state index in [4.69, 9.17) is 0 Å². The number of rotatable bonds is 1. The van der Waals surface area contributed by atoms with E-state index in [1.54, 1.807) is 5.56 Å². The molecule has 3 aliphatic carbocycles. The maximum absolute atomic E-state index is 4.68. The Morgan fingerprint density at radius 3 is 2.22 bits per heavy atom. The Bertz CT molecular complexity index is 565. The molecular formula is C17H17N. The van der Waals surface area contributed by atoms with Crippen molar-refractivity contribution in [2.24, 2.45) is 0 Å². The molecule has 0 N–H and O–H groups in total. The summed E-state index contributed by atoms with van der Waals surface area (Å²) in [7, 11) is 0. The number of hydrogen-bond donors (Lipinski definition) is 0. The SMILES string of the molecule is c1ccc(-c2cc3c(cn2)C2CCC3CC2)cc1. The van der Waals surface area contributed by atoms with Gasteiger partial charge in [0.15, 0.2) is 0 Å². The molecule has 2 aromatic rings. The Morgan fingerprint density at radius 1 is 0.833 bits per heavy atom. The Balaban J connectivity index is 1.83. The summed E-state index contributed by atoms with van der Waals surface area (Å²) in [6, 6.07) is 12.9. The van der Waals surface area contributed by atoms with E-state index >= 15 is 0 Å². The highest BCUT2D eigenvalue weighted by Gasteiger charge is 2.33. The third-order valence-corrected chi connectivity index (χ3v) is 4.64. The van der Waals surface area contributed by atoms with Crippen molar-refractivity contribution in [1.29, 1.82) is 0 Å². The van der Waals surface area contributed by atoms with Crippen molar-refractivity contribution in [1.82, 2.24) is 4.98 Å². The zero-order chi connectivity index (χ0) is 11.9. The molecule has 0 spiro atoms. The van der Waals surface area contributed by atoms with E-state index in [-0.39, 0.29) is 0 Å². The van der Waals surface area contributed by atoms with Crippen molar-refractivity contribution in [2.45, 2.75) is 37.5 Å². The second-order valence-electron chi connectivity index (χ2n) is 5.61. The molecule has 1 heteroatoms. The van der Waals surface area contributed by atoms with Crippen LogP contribution in [0.4, 0.5) is 0 Å². The first-order chi connectivity index (χ1) is 8.92. The summed E-state index contributed by atoms with van der Waals surface area (Å²) < 4.78 is 0. The van der Waals surface area contributed by atoms with Crippen LogP contribution in [0.25, 0.3) is 11.3 Å². The summed E-state index contributed by atoms with van der Waals surface area (Å²) >= 11 is 0. The van der Waals surface area contributed by atoms with Crippen LogP contribution in [0, 0.1) is 0 Å². The summed E-state index contributed by atoms with van der Waals surface area (Å²) in [5, 5.41) is 0. The van der Waals surface area contributed by atoms with E-state index in [1.807, 2.05) is 0 Å². The van der Waals surface area contributed by atoms with Crippen molar-refractivity contribution in [2.75, 3.05) is 0 Å². The molecule has 1 aromatic heterocycles. The third kappa shape index (κ3) is 1.50. The zero-order valence-corrected chi connectivity index (χ0v) is 10.5. The minimum atomic E-state index is 0.794. The smallest absolute Gasteiger partial charge is 0.0705 e. The molecule has 0 unspecified atom stereocenters. The minimum Gasteiger partial charge on any atom is -0.256 e. The van der Waals surface area contributed by atoms with E-state index in [0.717, 1.165) is 17.5 Å². The van der Waals surface area contributed by atoms with Crippen molar-refractivity contribution in [3.05, 3.63) is 53.7 Å². The maximum atomic E-state index is 4.68. The van der Waals surface area contributed by atoms with Crippen LogP contribution >= 0.6 is 0 Å². The van der Waals surface area contributed by atoms with E-state index in [0.29, 0.717) is 0 Å². The van der Waals surface area contributed by atoms with Gasteiger partial charge in [-0.15, -0.1) is 0 Å². The molecule has 0 amide bonds. The van der Waals surface area contributed by atoms with Gasteiger partial charge in [-0.25, -0.2) is 0 Å².